The minimum absolute atomic E-state index is 0.0982. The van der Waals surface area contributed by atoms with Crippen molar-refractivity contribution in [3.05, 3.63) is 23.3 Å². The van der Waals surface area contributed by atoms with Gasteiger partial charge in [-0.15, -0.1) is 0 Å². The molecule has 0 saturated carbocycles. The van der Waals surface area contributed by atoms with Gasteiger partial charge >= 0.3 is 0 Å². The monoisotopic (exact) mass is 346 g/mol. The van der Waals surface area contributed by atoms with Gasteiger partial charge in [-0.1, -0.05) is 0 Å². The second-order valence-corrected chi connectivity index (χ2v) is 6.98. The van der Waals surface area contributed by atoms with Gasteiger partial charge in [-0.25, -0.2) is 0 Å². The van der Waals surface area contributed by atoms with Gasteiger partial charge in [-0.2, -0.15) is 0 Å². The lowest BCUT2D eigenvalue weighted by Crippen LogP contribution is -2.53. The third-order valence-electron chi connectivity index (χ3n) is 5.43. The maximum Gasteiger partial charge on any atom is 0.254 e. The third kappa shape index (κ3) is 3.46. The first-order valence-corrected chi connectivity index (χ1v) is 9.23. The highest BCUT2D eigenvalue weighted by Crippen LogP contribution is 2.33. The number of benzene rings is 1. The number of hydrogen-bond acceptors (Lipinski definition) is 5. The van der Waals surface area contributed by atoms with Crippen LogP contribution in [0.5, 0.6) is 11.5 Å². The molecule has 4 rings (SSSR count). The largest absolute Gasteiger partial charge is 0.486 e. The van der Waals surface area contributed by atoms with E-state index < -0.39 is 0 Å². The van der Waals surface area contributed by atoms with Gasteiger partial charge in [0.1, 0.15) is 13.2 Å². The molecule has 0 unspecified atom stereocenters. The summed E-state index contributed by atoms with van der Waals surface area (Å²) in [5.41, 5.74) is 1.67. The molecule has 1 aromatic carbocycles. The summed E-state index contributed by atoms with van der Waals surface area (Å²) in [5, 5.41) is 0. The zero-order chi connectivity index (χ0) is 17.2. The van der Waals surface area contributed by atoms with Crippen molar-refractivity contribution in [2.75, 3.05) is 52.6 Å². The van der Waals surface area contributed by atoms with Gasteiger partial charge in [-0.3, -0.25) is 9.69 Å². The Kier molecular flexibility index (Phi) is 4.81. The number of amides is 1. The van der Waals surface area contributed by atoms with Gasteiger partial charge in [0, 0.05) is 51.0 Å². The standard InChI is InChI=1S/C19H26N2O4/c1-14-12-17-18(25-11-10-24-17)13-16(14)19(22)21-6-4-20(5-7-21)15-2-8-23-9-3-15/h12-13,15H,2-11H2,1H3. The van der Waals surface area contributed by atoms with Gasteiger partial charge < -0.3 is 19.1 Å². The van der Waals surface area contributed by atoms with E-state index in [4.69, 9.17) is 14.2 Å². The number of hydrogen-bond donors (Lipinski definition) is 0. The molecule has 0 radical (unpaired) electrons. The fraction of sp³-hybridized carbons (Fsp3) is 0.632. The number of fused-ring (bicyclic) bond motifs is 1. The van der Waals surface area contributed by atoms with Crippen molar-refractivity contribution in [3.8, 4) is 11.5 Å². The third-order valence-corrected chi connectivity index (χ3v) is 5.43. The number of ether oxygens (including phenoxy) is 3. The first kappa shape index (κ1) is 16.7. The van der Waals surface area contributed by atoms with Crippen molar-refractivity contribution in [1.82, 2.24) is 9.80 Å². The van der Waals surface area contributed by atoms with Crippen LogP contribution in [-0.4, -0.2) is 74.4 Å². The molecule has 0 aliphatic carbocycles. The quantitative estimate of drug-likeness (QED) is 0.816. The van der Waals surface area contributed by atoms with E-state index >= 15 is 0 Å². The molecule has 2 fully saturated rings. The Morgan fingerprint density at radius 3 is 2.28 bits per heavy atom. The van der Waals surface area contributed by atoms with Crippen LogP contribution in [0.15, 0.2) is 12.1 Å². The molecule has 6 heteroatoms. The lowest BCUT2D eigenvalue weighted by molar-refractivity contribution is 0.0137. The molecule has 0 atom stereocenters. The molecule has 2 saturated heterocycles. The second-order valence-electron chi connectivity index (χ2n) is 6.98. The highest BCUT2D eigenvalue weighted by atomic mass is 16.6. The number of piperazine rings is 1. The summed E-state index contributed by atoms with van der Waals surface area (Å²) in [5.74, 6) is 1.52. The van der Waals surface area contributed by atoms with Gasteiger partial charge in [0.15, 0.2) is 11.5 Å². The van der Waals surface area contributed by atoms with Crippen LogP contribution in [0.25, 0.3) is 0 Å². The Bertz CT molecular complexity index is 635. The number of carbonyl (C=O) groups is 1. The van der Waals surface area contributed by atoms with Gasteiger partial charge in [0.2, 0.25) is 0 Å². The van der Waals surface area contributed by atoms with Gasteiger partial charge in [0.05, 0.1) is 0 Å². The average molecular weight is 346 g/mol. The first-order chi connectivity index (χ1) is 12.2. The summed E-state index contributed by atoms with van der Waals surface area (Å²) >= 11 is 0. The minimum atomic E-state index is 0.0982. The lowest BCUT2D eigenvalue weighted by Gasteiger charge is -2.40. The van der Waals surface area contributed by atoms with Crippen LogP contribution >= 0.6 is 0 Å². The molecule has 136 valence electrons. The summed E-state index contributed by atoms with van der Waals surface area (Å²) in [4.78, 5) is 17.5. The van der Waals surface area contributed by atoms with Crippen molar-refractivity contribution in [1.29, 1.82) is 0 Å². The van der Waals surface area contributed by atoms with Crippen LogP contribution in [-0.2, 0) is 4.74 Å². The van der Waals surface area contributed by atoms with Crippen molar-refractivity contribution < 1.29 is 19.0 Å². The topological polar surface area (TPSA) is 51.2 Å². The maximum atomic E-state index is 13.0. The van der Waals surface area contributed by atoms with Crippen LogP contribution in [0.4, 0.5) is 0 Å². The molecule has 0 bridgehead atoms. The average Bonchev–Trinajstić information content (AvgIpc) is 2.68. The molecule has 0 aromatic heterocycles. The number of aryl methyl sites for hydroxylation is 1. The van der Waals surface area contributed by atoms with E-state index in [0.717, 1.165) is 69.1 Å². The fourth-order valence-electron chi connectivity index (χ4n) is 3.93. The van der Waals surface area contributed by atoms with Crippen molar-refractivity contribution in [2.45, 2.75) is 25.8 Å². The van der Waals surface area contributed by atoms with E-state index in [0.29, 0.717) is 25.0 Å². The van der Waals surface area contributed by atoms with E-state index in [1.165, 1.54) is 0 Å². The van der Waals surface area contributed by atoms with E-state index in [1.54, 1.807) is 0 Å². The van der Waals surface area contributed by atoms with E-state index in [1.807, 2.05) is 24.0 Å². The zero-order valence-electron chi connectivity index (χ0n) is 14.8. The Balaban J connectivity index is 1.42. The number of carbonyl (C=O) groups excluding carboxylic acids is 1. The predicted molar refractivity (Wildman–Crippen MR) is 93.5 cm³/mol. The van der Waals surface area contributed by atoms with Crippen LogP contribution < -0.4 is 9.47 Å². The van der Waals surface area contributed by atoms with Crippen LogP contribution in [0.1, 0.15) is 28.8 Å². The van der Waals surface area contributed by atoms with Crippen molar-refractivity contribution >= 4 is 5.91 Å². The van der Waals surface area contributed by atoms with E-state index in [2.05, 4.69) is 4.90 Å². The Hall–Kier alpha value is -1.79. The maximum absolute atomic E-state index is 13.0. The molecule has 3 heterocycles. The zero-order valence-corrected chi connectivity index (χ0v) is 14.8. The summed E-state index contributed by atoms with van der Waals surface area (Å²) in [6, 6.07) is 4.37. The van der Waals surface area contributed by atoms with E-state index in [9.17, 15) is 4.79 Å². The number of nitrogens with zero attached hydrogens (tertiary/aromatic N) is 2. The molecular formula is C19H26N2O4. The summed E-state index contributed by atoms with van der Waals surface area (Å²) in [7, 11) is 0. The van der Waals surface area contributed by atoms with Gasteiger partial charge in [-0.05, 0) is 37.5 Å². The second kappa shape index (κ2) is 7.22. The summed E-state index contributed by atoms with van der Waals surface area (Å²) < 4.78 is 16.7. The van der Waals surface area contributed by atoms with Crippen molar-refractivity contribution in [3.63, 3.8) is 0 Å². The smallest absolute Gasteiger partial charge is 0.254 e. The Morgan fingerprint density at radius 1 is 0.960 bits per heavy atom. The Labute approximate surface area is 148 Å². The predicted octanol–water partition coefficient (Wildman–Crippen LogP) is 1.70. The molecule has 0 N–H and O–H groups in total. The minimum Gasteiger partial charge on any atom is -0.486 e. The fourth-order valence-corrected chi connectivity index (χ4v) is 3.93. The van der Waals surface area contributed by atoms with Crippen LogP contribution in [0.2, 0.25) is 0 Å². The first-order valence-electron chi connectivity index (χ1n) is 9.23. The summed E-state index contributed by atoms with van der Waals surface area (Å²) in [6.07, 6.45) is 2.21. The van der Waals surface area contributed by atoms with Gasteiger partial charge in [0.25, 0.3) is 5.91 Å². The normalized spacial score (nSPS) is 22.0. The molecule has 3 aliphatic heterocycles. The van der Waals surface area contributed by atoms with Crippen LogP contribution in [0, 0.1) is 6.92 Å². The molecule has 3 aliphatic rings. The molecule has 1 aromatic rings. The molecule has 6 nitrogen and oxygen atoms in total. The highest BCUT2D eigenvalue weighted by molar-refractivity contribution is 5.96. The molecule has 0 spiro atoms. The highest BCUT2D eigenvalue weighted by Gasteiger charge is 2.29. The van der Waals surface area contributed by atoms with Crippen LogP contribution in [0.3, 0.4) is 0 Å². The number of rotatable bonds is 2. The molecule has 25 heavy (non-hydrogen) atoms. The summed E-state index contributed by atoms with van der Waals surface area (Å²) in [6.45, 7) is 8.24. The lowest BCUT2D eigenvalue weighted by atomic mass is 10.0. The molecule has 1 amide bonds. The SMILES string of the molecule is Cc1cc2c(cc1C(=O)N1CCN(C3CCOCC3)CC1)OCCO2. The molecular weight excluding hydrogens is 320 g/mol. The van der Waals surface area contributed by atoms with Crippen molar-refractivity contribution in [2.24, 2.45) is 0 Å². The van der Waals surface area contributed by atoms with E-state index in [-0.39, 0.29) is 5.91 Å². The Morgan fingerprint density at radius 2 is 1.60 bits per heavy atom.